The molecule has 0 aromatic rings. The van der Waals surface area contributed by atoms with Crippen LogP contribution in [0, 0.1) is 11.8 Å². The van der Waals surface area contributed by atoms with Crippen LogP contribution in [0.1, 0.15) is 13.8 Å². The van der Waals surface area contributed by atoms with Gasteiger partial charge >= 0.3 is 0 Å². The van der Waals surface area contributed by atoms with Crippen LogP contribution in [0.2, 0.25) is 0 Å². The summed E-state index contributed by atoms with van der Waals surface area (Å²) in [7, 11) is 0. The summed E-state index contributed by atoms with van der Waals surface area (Å²) in [5.41, 5.74) is 6.62. The van der Waals surface area contributed by atoms with Crippen molar-refractivity contribution in [2.24, 2.45) is 17.6 Å². The van der Waals surface area contributed by atoms with E-state index >= 15 is 0 Å². The lowest BCUT2D eigenvalue weighted by atomic mass is 10.0. The lowest BCUT2D eigenvalue weighted by Gasteiger charge is -2.02. The summed E-state index contributed by atoms with van der Waals surface area (Å²) in [5.74, 6) is 1.10. The third kappa shape index (κ3) is 2.26. The fourth-order valence-electron chi connectivity index (χ4n) is 1.08. The Morgan fingerprint density at radius 3 is 2.64 bits per heavy atom. The maximum absolute atomic E-state index is 5.58. The van der Waals surface area contributed by atoms with Crippen LogP contribution >= 0.6 is 0 Å². The molecule has 0 fully saturated rings. The molecule has 1 aliphatic carbocycles. The van der Waals surface area contributed by atoms with Crippen LogP contribution in [0.25, 0.3) is 0 Å². The van der Waals surface area contributed by atoms with Crippen molar-refractivity contribution in [3.05, 3.63) is 36.1 Å². The van der Waals surface area contributed by atoms with Crippen LogP contribution in [0.4, 0.5) is 0 Å². The largest absolute Gasteiger partial charge is 0.402 e. The van der Waals surface area contributed by atoms with Crippen molar-refractivity contribution < 1.29 is 0 Å². The highest BCUT2D eigenvalue weighted by Gasteiger charge is 2.25. The van der Waals surface area contributed by atoms with Gasteiger partial charge < -0.3 is 5.73 Å². The first kappa shape index (κ1) is 8.12. The minimum atomic E-state index is 0.538. The molecule has 0 aromatic carbocycles. The second-order valence-corrected chi connectivity index (χ2v) is 2.96. The molecule has 11 heavy (non-hydrogen) atoms. The fraction of sp³-hybridized carbons (Fsp3) is 0.400. The van der Waals surface area contributed by atoms with E-state index in [1.165, 1.54) is 0 Å². The molecule has 0 saturated carbocycles. The Balaban J connectivity index is 2.27. The molecule has 0 aliphatic heterocycles. The van der Waals surface area contributed by atoms with E-state index in [0.717, 1.165) is 5.70 Å². The first-order valence-corrected chi connectivity index (χ1v) is 4.02. The van der Waals surface area contributed by atoms with Gasteiger partial charge in [0, 0.05) is 11.6 Å². The van der Waals surface area contributed by atoms with Gasteiger partial charge in [0.05, 0.1) is 0 Å². The average Bonchev–Trinajstić information content (AvgIpc) is 2.67. The Labute approximate surface area is 68.3 Å². The van der Waals surface area contributed by atoms with Gasteiger partial charge in [-0.1, -0.05) is 37.3 Å². The van der Waals surface area contributed by atoms with E-state index in [-0.39, 0.29) is 0 Å². The maximum atomic E-state index is 5.58. The van der Waals surface area contributed by atoms with Crippen LogP contribution in [0.5, 0.6) is 0 Å². The Bertz CT molecular complexity index is 211. The summed E-state index contributed by atoms with van der Waals surface area (Å²) in [4.78, 5) is 0. The second-order valence-electron chi connectivity index (χ2n) is 2.96. The molecule has 1 aliphatic rings. The minimum absolute atomic E-state index is 0.538. The average molecular weight is 149 g/mol. The lowest BCUT2D eigenvalue weighted by Crippen LogP contribution is -1.99. The maximum Gasteiger partial charge on any atom is 0.0241 e. The van der Waals surface area contributed by atoms with E-state index in [0.29, 0.717) is 11.8 Å². The van der Waals surface area contributed by atoms with Crippen molar-refractivity contribution in [1.29, 1.82) is 0 Å². The molecule has 0 spiro atoms. The van der Waals surface area contributed by atoms with Gasteiger partial charge in [0.2, 0.25) is 0 Å². The van der Waals surface area contributed by atoms with Crippen LogP contribution < -0.4 is 5.73 Å². The van der Waals surface area contributed by atoms with E-state index < -0.39 is 0 Å². The van der Waals surface area contributed by atoms with Crippen LogP contribution in [0.15, 0.2) is 36.1 Å². The smallest absolute Gasteiger partial charge is 0.0241 e. The van der Waals surface area contributed by atoms with Gasteiger partial charge in [0.25, 0.3) is 0 Å². The molecule has 1 nitrogen and oxygen atoms in total. The van der Waals surface area contributed by atoms with Gasteiger partial charge in [0.1, 0.15) is 0 Å². The molecular weight excluding hydrogens is 134 g/mol. The van der Waals surface area contributed by atoms with Gasteiger partial charge in [-0.3, -0.25) is 0 Å². The number of nitrogens with two attached hydrogens (primary N) is 1. The van der Waals surface area contributed by atoms with E-state index in [2.05, 4.69) is 25.2 Å². The zero-order valence-corrected chi connectivity index (χ0v) is 7.12. The Hall–Kier alpha value is -0.980. The molecule has 2 N–H and O–H groups in total. The summed E-state index contributed by atoms with van der Waals surface area (Å²) in [6, 6.07) is 0. The predicted molar refractivity (Wildman–Crippen MR) is 48.9 cm³/mol. The lowest BCUT2D eigenvalue weighted by molar-refractivity contribution is 0.653. The Morgan fingerprint density at radius 1 is 1.55 bits per heavy atom. The third-order valence-corrected chi connectivity index (χ3v) is 1.93. The van der Waals surface area contributed by atoms with Gasteiger partial charge in [-0.15, -0.1) is 0 Å². The molecule has 0 aromatic heterocycles. The van der Waals surface area contributed by atoms with Crippen molar-refractivity contribution in [2.75, 3.05) is 0 Å². The Morgan fingerprint density at radius 2 is 2.18 bits per heavy atom. The highest BCUT2D eigenvalue weighted by Crippen LogP contribution is 2.32. The molecule has 0 amide bonds. The molecule has 2 unspecified atom stereocenters. The molecule has 0 bridgehead atoms. The predicted octanol–water partition coefficient (Wildman–Crippen LogP) is 2.23. The SMILES string of the molecule is C/C=C\C=C\C(C)C1C=C1N. The Kier molecular flexibility index (Phi) is 2.53. The van der Waals surface area contributed by atoms with Crippen molar-refractivity contribution in [2.45, 2.75) is 13.8 Å². The quantitative estimate of drug-likeness (QED) is 0.612. The third-order valence-electron chi connectivity index (χ3n) is 1.93. The minimum Gasteiger partial charge on any atom is -0.402 e. The summed E-state index contributed by atoms with van der Waals surface area (Å²) >= 11 is 0. The number of hydrogen-bond donors (Lipinski definition) is 1. The van der Waals surface area contributed by atoms with Crippen molar-refractivity contribution in [1.82, 2.24) is 0 Å². The standard InChI is InChI=1S/C10H15N/c1-3-4-5-6-8(2)9-7-10(9)11/h3-9H,11H2,1-2H3/b4-3-,6-5+. The zero-order valence-electron chi connectivity index (χ0n) is 7.12. The van der Waals surface area contributed by atoms with Crippen molar-refractivity contribution in [3.63, 3.8) is 0 Å². The second kappa shape index (κ2) is 3.42. The topological polar surface area (TPSA) is 26.0 Å². The van der Waals surface area contributed by atoms with Crippen LogP contribution in [-0.4, -0.2) is 0 Å². The number of hydrogen-bond acceptors (Lipinski definition) is 1. The number of rotatable bonds is 3. The summed E-state index contributed by atoms with van der Waals surface area (Å²) in [6.45, 7) is 4.19. The van der Waals surface area contributed by atoms with Gasteiger partial charge in [-0.25, -0.2) is 0 Å². The van der Waals surface area contributed by atoms with Crippen molar-refractivity contribution in [3.8, 4) is 0 Å². The van der Waals surface area contributed by atoms with Gasteiger partial charge in [0.15, 0.2) is 0 Å². The van der Waals surface area contributed by atoms with Crippen LogP contribution in [0.3, 0.4) is 0 Å². The summed E-state index contributed by atoms with van der Waals surface area (Å²) < 4.78 is 0. The van der Waals surface area contributed by atoms with E-state index in [1.54, 1.807) is 0 Å². The highest BCUT2D eigenvalue weighted by atomic mass is 14.7. The normalized spacial score (nSPS) is 26.0. The first-order chi connectivity index (χ1) is 5.25. The van der Waals surface area contributed by atoms with E-state index in [4.69, 9.17) is 5.73 Å². The molecule has 2 atom stereocenters. The highest BCUT2D eigenvalue weighted by molar-refractivity contribution is 5.28. The molecule has 0 saturated heterocycles. The van der Waals surface area contributed by atoms with Crippen LogP contribution in [-0.2, 0) is 0 Å². The van der Waals surface area contributed by atoms with Crippen molar-refractivity contribution >= 4 is 0 Å². The van der Waals surface area contributed by atoms with E-state index in [9.17, 15) is 0 Å². The fourth-order valence-corrected chi connectivity index (χ4v) is 1.08. The molecule has 1 rings (SSSR count). The van der Waals surface area contributed by atoms with Gasteiger partial charge in [-0.05, 0) is 12.8 Å². The monoisotopic (exact) mass is 149 g/mol. The molecular formula is C10H15N. The molecule has 0 heterocycles. The van der Waals surface area contributed by atoms with Gasteiger partial charge in [-0.2, -0.15) is 0 Å². The first-order valence-electron chi connectivity index (χ1n) is 4.02. The number of allylic oxidation sites excluding steroid dienone is 6. The van der Waals surface area contributed by atoms with E-state index in [1.807, 2.05) is 19.1 Å². The molecule has 60 valence electrons. The summed E-state index contributed by atoms with van der Waals surface area (Å²) in [5, 5.41) is 0. The molecule has 0 radical (unpaired) electrons. The molecule has 1 heteroatoms. The summed E-state index contributed by atoms with van der Waals surface area (Å²) in [6.07, 6.45) is 10.4. The zero-order chi connectivity index (χ0) is 8.27.